The Labute approximate surface area is 145 Å². The van der Waals surface area contributed by atoms with Crippen molar-refractivity contribution >= 4 is 28.8 Å². The van der Waals surface area contributed by atoms with Gasteiger partial charge in [0.25, 0.3) is 5.91 Å². The summed E-state index contributed by atoms with van der Waals surface area (Å²) in [7, 11) is 0. The van der Waals surface area contributed by atoms with Crippen LogP contribution in [-0.2, 0) is 9.53 Å². The van der Waals surface area contributed by atoms with Crippen LogP contribution in [0.15, 0.2) is 30.3 Å². The topological polar surface area (TPSA) is 97.4 Å². The molecule has 0 spiro atoms. The van der Waals surface area contributed by atoms with E-state index in [9.17, 15) is 14.4 Å². The third-order valence-electron chi connectivity index (χ3n) is 3.32. The van der Waals surface area contributed by atoms with Crippen LogP contribution in [0.4, 0.5) is 4.79 Å². The molecule has 0 saturated carbocycles. The Morgan fingerprint density at radius 3 is 2.64 bits per heavy atom. The lowest BCUT2D eigenvalue weighted by molar-refractivity contribution is -0.123. The largest absolute Gasteiger partial charge is 0.452 e. The summed E-state index contributed by atoms with van der Waals surface area (Å²) in [6, 6.07) is 8.18. The molecule has 0 aliphatic rings. The highest BCUT2D eigenvalue weighted by atomic mass is 16.5. The Morgan fingerprint density at radius 1 is 1.20 bits per heavy atom. The number of imide groups is 1. The van der Waals surface area contributed by atoms with Crippen molar-refractivity contribution in [3.05, 3.63) is 41.6 Å². The fourth-order valence-electron chi connectivity index (χ4n) is 2.19. The summed E-state index contributed by atoms with van der Waals surface area (Å²) in [5.74, 6) is -1.06. The van der Waals surface area contributed by atoms with E-state index in [2.05, 4.69) is 15.6 Å². The van der Waals surface area contributed by atoms with Crippen LogP contribution in [0.1, 0.15) is 29.9 Å². The highest BCUT2D eigenvalue weighted by Gasteiger charge is 2.16. The van der Waals surface area contributed by atoms with Crippen molar-refractivity contribution in [2.24, 2.45) is 5.92 Å². The number of nitrogens with one attached hydrogen (secondary N) is 2. The number of nitrogens with zero attached hydrogens (tertiary/aromatic N) is 1. The molecular weight excluding hydrogens is 322 g/mol. The van der Waals surface area contributed by atoms with E-state index in [-0.39, 0.29) is 5.92 Å². The fraction of sp³-hybridized carbons (Fsp3) is 0.333. The van der Waals surface area contributed by atoms with E-state index in [1.54, 1.807) is 31.2 Å². The first kappa shape index (κ1) is 18.4. The predicted molar refractivity (Wildman–Crippen MR) is 93.1 cm³/mol. The maximum Gasteiger partial charge on any atom is 0.339 e. The van der Waals surface area contributed by atoms with Crippen LogP contribution in [0.25, 0.3) is 10.9 Å². The van der Waals surface area contributed by atoms with E-state index in [4.69, 9.17) is 4.74 Å². The zero-order valence-corrected chi connectivity index (χ0v) is 14.5. The van der Waals surface area contributed by atoms with Crippen LogP contribution >= 0.6 is 0 Å². The van der Waals surface area contributed by atoms with Crippen LogP contribution in [0.5, 0.6) is 0 Å². The van der Waals surface area contributed by atoms with Crippen molar-refractivity contribution in [1.82, 2.24) is 15.6 Å². The number of rotatable bonds is 5. The van der Waals surface area contributed by atoms with E-state index in [1.165, 1.54) is 0 Å². The summed E-state index contributed by atoms with van der Waals surface area (Å²) in [5.41, 5.74) is 1.68. The molecule has 1 aromatic carbocycles. The number of amides is 3. The molecule has 0 bridgehead atoms. The Morgan fingerprint density at radius 2 is 1.92 bits per heavy atom. The van der Waals surface area contributed by atoms with Gasteiger partial charge >= 0.3 is 12.0 Å². The van der Waals surface area contributed by atoms with Gasteiger partial charge in [-0.3, -0.25) is 15.1 Å². The number of hydrogen-bond donors (Lipinski definition) is 2. The number of carbonyl (C=O) groups excluding carboxylic acids is 3. The van der Waals surface area contributed by atoms with Gasteiger partial charge in [0.15, 0.2) is 6.61 Å². The predicted octanol–water partition coefficient (Wildman–Crippen LogP) is 2.18. The average Bonchev–Trinajstić information content (AvgIpc) is 2.57. The number of fused-ring (bicyclic) bond motifs is 1. The molecular formula is C18H21N3O4. The Balaban J connectivity index is 1.97. The number of esters is 1. The van der Waals surface area contributed by atoms with E-state index in [1.807, 2.05) is 19.9 Å². The number of para-hydroxylation sites is 1. The van der Waals surface area contributed by atoms with Crippen LogP contribution < -0.4 is 10.6 Å². The summed E-state index contributed by atoms with van der Waals surface area (Å²) >= 11 is 0. The van der Waals surface area contributed by atoms with Gasteiger partial charge in [-0.2, -0.15) is 0 Å². The Kier molecular flexibility index (Phi) is 6.05. The SMILES string of the molecule is Cc1cc(C(=O)OCC(=O)NC(=O)NCC(C)C)c2ccccc2n1. The first-order valence-corrected chi connectivity index (χ1v) is 7.98. The molecule has 0 fully saturated rings. The molecule has 0 unspecified atom stereocenters. The summed E-state index contributed by atoms with van der Waals surface area (Å²) in [6.45, 7) is 5.55. The van der Waals surface area contributed by atoms with Gasteiger partial charge in [0.05, 0.1) is 11.1 Å². The van der Waals surface area contributed by atoms with Crippen molar-refractivity contribution in [3.63, 3.8) is 0 Å². The highest BCUT2D eigenvalue weighted by Crippen LogP contribution is 2.18. The number of aryl methyl sites for hydroxylation is 1. The van der Waals surface area contributed by atoms with Gasteiger partial charge in [-0.15, -0.1) is 0 Å². The minimum Gasteiger partial charge on any atom is -0.452 e. The van der Waals surface area contributed by atoms with Crippen molar-refractivity contribution in [3.8, 4) is 0 Å². The first-order chi connectivity index (χ1) is 11.9. The molecule has 132 valence electrons. The number of carbonyl (C=O) groups is 3. The van der Waals surface area contributed by atoms with Crippen LogP contribution in [-0.4, -0.2) is 36.0 Å². The standard InChI is InChI=1S/C18H21N3O4/c1-11(2)9-19-18(24)21-16(22)10-25-17(23)14-8-12(3)20-15-7-5-4-6-13(14)15/h4-8,11H,9-10H2,1-3H3,(H2,19,21,22,24). The molecule has 2 aromatic rings. The number of pyridine rings is 1. The van der Waals surface area contributed by atoms with Crippen LogP contribution in [0.2, 0.25) is 0 Å². The quantitative estimate of drug-likeness (QED) is 0.811. The van der Waals surface area contributed by atoms with E-state index in [0.717, 1.165) is 0 Å². The number of ether oxygens (including phenoxy) is 1. The third kappa shape index (κ3) is 5.27. The molecule has 25 heavy (non-hydrogen) atoms. The molecule has 0 radical (unpaired) electrons. The van der Waals surface area contributed by atoms with Crippen molar-refractivity contribution in [1.29, 1.82) is 0 Å². The molecule has 2 N–H and O–H groups in total. The zero-order valence-electron chi connectivity index (χ0n) is 14.5. The number of benzene rings is 1. The van der Waals surface area contributed by atoms with Gasteiger partial charge < -0.3 is 10.1 Å². The van der Waals surface area contributed by atoms with Gasteiger partial charge in [-0.1, -0.05) is 32.0 Å². The second kappa shape index (κ2) is 8.23. The summed E-state index contributed by atoms with van der Waals surface area (Å²) in [6.07, 6.45) is 0. The van der Waals surface area contributed by atoms with Crippen molar-refractivity contribution in [2.75, 3.05) is 13.2 Å². The monoisotopic (exact) mass is 343 g/mol. The van der Waals surface area contributed by atoms with E-state index < -0.39 is 24.5 Å². The first-order valence-electron chi connectivity index (χ1n) is 7.98. The third-order valence-corrected chi connectivity index (χ3v) is 3.32. The smallest absolute Gasteiger partial charge is 0.339 e. The highest BCUT2D eigenvalue weighted by molar-refractivity contribution is 6.04. The van der Waals surface area contributed by atoms with Gasteiger partial charge in [-0.05, 0) is 25.0 Å². The maximum atomic E-state index is 12.3. The Hall–Kier alpha value is -2.96. The molecule has 0 aliphatic heterocycles. The maximum absolute atomic E-state index is 12.3. The average molecular weight is 343 g/mol. The second-order valence-corrected chi connectivity index (χ2v) is 6.06. The molecule has 0 atom stereocenters. The van der Waals surface area contributed by atoms with Gasteiger partial charge in [0.2, 0.25) is 0 Å². The normalized spacial score (nSPS) is 10.6. The van der Waals surface area contributed by atoms with Gasteiger partial charge in [0, 0.05) is 17.6 Å². The van der Waals surface area contributed by atoms with Gasteiger partial charge in [-0.25, -0.2) is 9.59 Å². The van der Waals surface area contributed by atoms with Crippen LogP contribution in [0, 0.1) is 12.8 Å². The number of aromatic nitrogens is 1. The van der Waals surface area contributed by atoms with E-state index in [0.29, 0.717) is 28.7 Å². The molecule has 2 rings (SSSR count). The fourth-order valence-corrected chi connectivity index (χ4v) is 2.19. The van der Waals surface area contributed by atoms with Gasteiger partial charge in [0.1, 0.15) is 0 Å². The minimum absolute atomic E-state index is 0.266. The van der Waals surface area contributed by atoms with Crippen molar-refractivity contribution in [2.45, 2.75) is 20.8 Å². The van der Waals surface area contributed by atoms with Crippen LogP contribution in [0.3, 0.4) is 0 Å². The summed E-state index contributed by atoms with van der Waals surface area (Å²) < 4.78 is 5.02. The Bertz CT molecular complexity index is 802. The molecule has 7 nitrogen and oxygen atoms in total. The number of urea groups is 1. The lowest BCUT2D eigenvalue weighted by Gasteiger charge is -2.10. The minimum atomic E-state index is -0.690. The molecule has 0 aliphatic carbocycles. The molecule has 0 saturated heterocycles. The van der Waals surface area contributed by atoms with E-state index >= 15 is 0 Å². The lowest BCUT2D eigenvalue weighted by atomic mass is 10.1. The summed E-state index contributed by atoms with van der Waals surface area (Å²) in [4.78, 5) is 39.8. The molecule has 1 aromatic heterocycles. The summed E-state index contributed by atoms with van der Waals surface area (Å²) in [5, 5.41) is 5.30. The van der Waals surface area contributed by atoms with Crippen molar-refractivity contribution < 1.29 is 19.1 Å². The lowest BCUT2D eigenvalue weighted by Crippen LogP contribution is -2.42. The second-order valence-electron chi connectivity index (χ2n) is 6.06. The molecule has 7 heteroatoms. The zero-order chi connectivity index (χ0) is 18.4. The molecule has 1 heterocycles. The number of hydrogen-bond acceptors (Lipinski definition) is 5. The molecule has 3 amide bonds.